The molecule has 0 spiro atoms. The monoisotopic (exact) mass is 395 g/mol. The molecule has 1 atom stereocenters. The summed E-state index contributed by atoms with van der Waals surface area (Å²) >= 11 is 0. The number of aryl methyl sites for hydroxylation is 1. The lowest BCUT2D eigenvalue weighted by molar-refractivity contribution is -0.121. The predicted octanol–water partition coefficient (Wildman–Crippen LogP) is 4.45. The predicted molar refractivity (Wildman–Crippen MR) is 111 cm³/mol. The van der Waals surface area contributed by atoms with Gasteiger partial charge in [0, 0.05) is 18.2 Å². The van der Waals surface area contributed by atoms with Crippen molar-refractivity contribution in [3.05, 3.63) is 76.9 Å². The Kier molecular flexibility index (Phi) is 6.32. The highest BCUT2D eigenvalue weighted by molar-refractivity contribution is 5.76. The summed E-state index contributed by atoms with van der Waals surface area (Å²) in [6.07, 6.45) is 0.959. The summed E-state index contributed by atoms with van der Waals surface area (Å²) in [4.78, 5) is 12.4. The molecular weight excluding hydrogens is 369 g/mol. The third-order valence-electron chi connectivity index (χ3n) is 5.09. The summed E-state index contributed by atoms with van der Waals surface area (Å²) in [6, 6.07) is 13.7. The van der Waals surface area contributed by atoms with Gasteiger partial charge in [-0.1, -0.05) is 18.2 Å². The van der Waals surface area contributed by atoms with E-state index < -0.39 is 0 Å². The fraction of sp³-hybridized carbons (Fsp3) is 0.304. The Labute approximate surface area is 170 Å². The maximum Gasteiger partial charge on any atom is 0.220 e. The van der Waals surface area contributed by atoms with Crippen LogP contribution in [0.1, 0.15) is 41.9 Å². The highest BCUT2D eigenvalue weighted by atomic mass is 19.1. The molecule has 5 nitrogen and oxygen atoms in total. The summed E-state index contributed by atoms with van der Waals surface area (Å²) in [5.74, 6) is 0.437. The first-order valence-electron chi connectivity index (χ1n) is 9.63. The number of carbonyl (C=O) groups is 1. The fourth-order valence-electron chi connectivity index (χ4n) is 3.42. The number of ether oxygens (including phenoxy) is 1. The second-order valence-corrected chi connectivity index (χ2v) is 7.10. The van der Waals surface area contributed by atoms with Crippen LogP contribution < -0.4 is 10.1 Å². The Hall–Kier alpha value is -3.15. The first-order chi connectivity index (χ1) is 13.9. The summed E-state index contributed by atoms with van der Waals surface area (Å²) in [5, 5.41) is 7.62. The van der Waals surface area contributed by atoms with Crippen molar-refractivity contribution in [3.8, 4) is 11.4 Å². The summed E-state index contributed by atoms with van der Waals surface area (Å²) in [5.41, 5.74) is 4.78. The van der Waals surface area contributed by atoms with Gasteiger partial charge in [0.1, 0.15) is 11.6 Å². The average Bonchev–Trinajstić information content (AvgIpc) is 3.00. The van der Waals surface area contributed by atoms with Crippen LogP contribution in [0.2, 0.25) is 0 Å². The molecule has 1 N–H and O–H groups in total. The van der Waals surface area contributed by atoms with E-state index in [1.807, 2.05) is 49.7 Å². The minimum absolute atomic E-state index is 0.0465. The van der Waals surface area contributed by atoms with E-state index in [1.54, 1.807) is 19.2 Å². The third-order valence-corrected chi connectivity index (χ3v) is 5.09. The molecule has 0 aliphatic heterocycles. The van der Waals surface area contributed by atoms with Gasteiger partial charge < -0.3 is 10.1 Å². The van der Waals surface area contributed by atoms with Crippen LogP contribution in [-0.4, -0.2) is 22.8 Å². The lowest BCUT2D eigenvalue weighted by Gasteiger charge is -2.14. The van der Waals surface area contributed by atoms with Gasteiger partial charge in [0.25, 0.3) is 0 Å². The fourth-order valence-corrected chi connectivity index (χ4v) is 3.42. The molecule has 0 saturated heterocycles. The van der Waals surface area contributed by atoms with Crippen molar-refractivity contribution in [1.82, 2.24) is 15.1 Å². The number of amides is 1. The molecule has 1 aromatic heterocycles. The van der Waals surface area contributed by atoms with Crippen LogP contribution >= 0.6 is 0 Å². The van der Waals surface area contributed by atoms with Gasteiger partial charge in [0.15, 0.2) is 0 Å². The van der Waals surface area contributed by atoms with Crippen molar-refractivity contribution in [3.63, 3.8) is 0 Å². The number of nitrogens with one attached hydrogen (secondary N) is 1. The van der Waals surface area contributed by atoms with Crippen molar-refractivity contribution in [2.24, 2.45) is 0 Å². The van der Waals surface area contributed by atoms with E-state index in [0.29, 0.717) is 12.8 Å². The molecule has 0 fully saturated rings. The van der Waals surface area contributed by atoms with Crippen LogP contribution in [0.4, 0.5) is 4.39 Å². The molecule has 0 saturated carbocycles. The number of hydrogen-bond donors (Lipinski definition) is 1. The van der Waals surface area contributed by atoms with Gasteiger partial charge in [-0.15, -0.1) is 0 Å². The Bertz CT molecular complexity index is 996. The molecule has 1 amide bonds. The Morgan fingerprint density at radius 3 is 2.62 bits per heavy atom. The minimum Gasteiger partial charge on any atom is -0.497 e. The van der Waals surface area contributed by atoms with Crippen LogP contribution in [0.5, 0.6) is 5.75 Å². The van der Waals surface area contributed by atoms with E-state index in [0.717, 1.165) is 34.0 Å². The van der Waals surface area contributed by atoms with Crippen molar-refractivity contribution in [2.75, 3.05) is 7.11 Å². The van der Waals surface area contributed by atoms with E-state index in [9.17, 15) is 9.18 Å². The quantitative estimate of drug-likeness (QED) is 0.643. The molecule has 0 aliphatic rings. The van der Waals surface area contributed by atoms with Gasteiger partial charge >= 0.3 is 0 Å². The summed E-state index contributed by atoms with van der Waals surface area (Å²) in [6.45, 7) is 5.86. The number of methoxy groups -OCH3 is 1. The Balaban J connectivity index is 1.66. The second-order valence-electron chi connectivity index (χ2n) is 7.10. The molecule has 6 heteroatoms. The van der Waals surface area contributed by atoms with Gasteiger partial charge in [-0.3, -0.25) is 4.79 Å². The zero-order valence-corrected chi connectivity index (χ0v) is 17.2. The molecule has 3 rings (SSSR count). The molecule has 0 radical (unpaired) electrons. The van der Waals surface area contributed by atoms with Crippen molar-refractivity contribution >= 4 is 5.91 Å². The Morgan fingerprint density at radius 2 is 1.93 bits per heavy atom. The molecule has 0 unspecified atom stereocenters. The number of aromatic nitrogens is 2. The van der Waals surface area contributed by atoms with E-state index in [2.05, 4.69) is 10.4 Å². The first kappa shape index (κ1) is 20.6. The standard InChI is InChI=1S/C23H26FN3O2/c1-15(18-8-10-19(24)11-9-18)25-23(28)13-12-22-16(2)26-27(17(22)3)20-6-5-7-21(14-20)29-4/h5-11,14-15H,12-13H2,1-4H3,(H,25,28)/t15-/m1/s1. The van der Waals surface area contributed by atoms with Crippen LogP contribution in [0.15, 0.2) is 48.5 Å². The molecule has 0 aliphatic carbocycles. The molecule has 29 heavy (non-hydrogen) atoms. The number of rotatable bonds is 7. The van der Waals surface area contributed by atoms with E-state index in [-0.39, 0.29) is 17.8 Å². The lowest BCUT2D eigenvalue weighted by Crippen LogP contribution is -2.26. The van der Waals surface area contributed by atoms with E-state index in [1.165, 1.54) is 12.1 Å². The highest BCUT2D eigenvalue weighted by Crippen LogP contribution is 2.22. The SMILES string of the molecule is COc1cccc(-n2nc(C)c(CCC(=O)N[C@H](C)c3ccc(F)cc3)c2C)c1. The van der Waals surface area contributed by atoms with E-state index >= 15 is 0 Å². The molecule has 0 bridgehead atoms. The van der Waals surface area contributed by atoms with Crippen molar-refractivity contribution < 1.29 is 13.9 Å². The normalized spacial score (nSPS) is 11.9. The van der Waals surface area contributed by atoms with Gasteiger partial charge in [-0.25, -0.2) is 9.07 Å². The zero-order chi connectivity index (χ0) is 21.0. The van der Waals surface area contributed by atoms with Crippen LogP contribution in [0, 0.1) is 19.7 Å². The summed E-state index contributed by atoms with van der Waals surface area (Å²) in [7, 11) is 1.64. The summed E-state index contributed by atoms with van der Waals surface area (Å²) < 4.78 is 20.2. The number of hydrogen-bond acceptors (Lipinski definition) is 3. The van der Waals surface area contributed by atoms with Crippen molar-refractivity contribution in [1.29, 1.82) is 0 Å². The zero-order valence-electron chi connectivity index (χ0n) is 17.2. The molecule has 2 aromatic carbocycles. The maximum absolute atomic E-state index is 13.1. The molecule has 152 valence electrons. The average molecular weight is 395 g/mol. The number of carbonyl (C=O) groups excluding carboxylic acids is 1. The van der Waals surface area contributed by atoms with Crippen LogP contribution in [-0.2, 0) is 11.2 Å². The molecular formula is C23H26FN3O2. The maximum atomic E-state index is 13.1. The van der Waals surface area contributed by atoms with Gasteiger partial charge in [0.05, 0.1) is 24.5 Å². The molecule has 3 aromatic rings. The Morgan fingerprint density at radius 1 is 1.21 bits per heavy atom. The minimum atomic E-state index is -0.286. The second kappa shape index (κ2) is 8.90. The topological polar surface area (TPSA) is 56.2 Å². The largest absolute Gasteiger partial charge is 0.497 e. The van der Waals surface area contributed by atoms with Gasteiger partial charge in [-0.05, 0) is 62.6 Å². The third kappa shape index (κ3) is 4.83. The van der Waals surface area contributed by atoms with Crippen LogP contribution in [0.3, 0.4) is 0 Å². The number of benzene rings is 2. The smallest absolute Gasteiger partial charge is 0.220 e. The lowest BCUT2D eigenvalue weighted by atomic mass is 10.1. The van der Waals surface area contributed by atoms with Crippen molar-refractivity contribution in [2.45, 2.75) is 39.7 Å². The first-order valence-corrected chi connectivity index (χ1v) is 9.63. The number of halogens is 1. The van der Waals surface area contributed by atoms with E-state index in [4.69, 9.17) is 4.74 Å². The highest BCUT2D eigenvalue weighted by Gasteiger charge is 2.16. The van der Waals surface area contributed by atoms with Crippen LogP contribution in [0.25, 0.3) is 5.69 Å². The molecule has 1 heterocycles. The van der Waals surface area contributed by atoms with Gasteiger partial charge in [0.2, 0.25) is 5.91 Å². The number of nitrogens with zero attached hydrogens (tertiary/aromatic N) is 2. The van der Waals surface area contributed by atoms with Gasteiger partial charge in [-0.2, -0.15) is 5.10 Å².